The third kappa shape index (κ3) is 1.90. The topological polar surface area (TPSA) is 29.3 Å². The standard InChI is InChI=1S/C12H18N2/c1-10(13)11-4-6-12(7-5-11)14-8-2-3-9-14/h4-7,10H,2-3,8-9,13H2,1H3/t10-/m1/s1. The van der Waals surface area contributed by atoms with Crippen LogP contribution in [-0.4, -0.2) is 13.1 Å². The van der Waals surface area contributed by atoms with Crippen molar-refractivity contribution in [3.8, 4) is 0 Å². The lowest BCUT2D eigenvalue weighted by molar-refractivity contribution is 0.817. The summed E-state index contributed by atoms with van der Waals surface area (Å²) in [5, 5.41) is 0. The molecule has 0 radical (unpaired) electrons. The van der Waals surface area contributed by atoms with Crippen LogP contribution in [0.1, 0.15) is 31.4 Å². The van der Waals surface area contributed by atoms with E-state index in [1.807, 2.05) is 6.92 Å². The van der Waals surface area contributed by atoms with Crippen LogP contribution in [0.25, 0.3) is 0 Å². The second-order valence-corrected chi connectivity index (χ2v) is 4.07. The summed E-state index contributed by atoms with van der Waals surface area (Å²) in [6.07, 6.45) is 2.66. The van der Waals surface area contributed by atoms with E-state index in [1.165, 1.54) is 37.2 Å². The normalized spacial score (nSPS) is 18.6. The lowest BCUT2D eigenvalue weighted by Gasteiger charge is -2.18. The van der Waals surface area contributed by atoms with E-state index in [0.717, 1.165) is 0 Å². The highest BCUT2D eigenvalue weighted by Gasteiger charge is 2.11. The number of nitrogens with two attached hydrogens (primary N) is 1. The van der Waals surface area contributed by atoms with Gasteiger partial charge in [0.1, 0.15) is 0 Å². The zero-order chi connectivity index (χ0) is 9.97. The van der Waals surface area contributed by atoms with Gasteiger partial charge < -0.3 is 10.6 Å². The molecule has 0 unspecified atom stereocenters. The van der Waals surface area contributed by atoms with Crippen molar-refractivity contribution in [3.05, 3.63) is 29.8 Å². The van der Waals surface area contributed by atoms with Crippen LogP contribution in [0.4, 0.5) is 5.69 Å². The molecular formula is C12H18N2. The molecule has 0 bridgehead atoms. The van der Waals surface area contributed by atoms with Gasteiger partial charge in [0, 0.05) is 24.8 Å². The van der Waals surface area contributed by atoms with Crippen LogP contribution in [0.15, 0.2) is 24.3 Å². The minimum atomic E-state index is 0.141. The predicted octanol–water partition coefficient (Wildman–Crippen LogP) is 2.31. The largest absolute Gasteiger partial charge is 0.372 e. The molecule has 0 saturated carbocycles. The van der Waals surface area contributed by atoms with Crippen molar-refractivity contribution >= 4 is 5.69 Å². The van der Waals surface area contributed by atoms with Crippen molar-refractivity contribution in [1.29, 1.82) is 0 Å². The fourth-order valence-corrected chi connectivity index (χ4v) is 1.96. The van der Waals surface area contributed by atoms with Gasteiger partial charge >= 0.3 is 0 Å². The van der Waals surface area contributed by atoms with Crippen LogP contribution in [-0.2, 0) is 0 Å². The second kappa shape index (κ2) is 4.01. The van der Waals surface area contributed by atoms with Gasteiger partial charge in [-0.25, -0.2) is 0 Å². The van der Waals surface area contributed by atoms with Crippen LogP contribution in [0.2, 0.25) is 0 Å². The van der Waals surface area contributed by atoms with Crippen molar-refractivity contribution in [3.63, 3.8) is 0 Å². The zero-order valence-corrected chi connectivity index (χ0v) is 8.74. The summed E-state index contributed by atoms with van der Waals surface area (Å²) in [7, 11) is 0. The molecule has 1 aliphatic heterocycles. The summed E-state index contributed by atoms with van der Waals surface area (Å²) in [4.78, 5) is 2.44. The Bertz CT molecular complexity index is 284. The van der Waals surface area contributed by atoms with Crippen LogP contribution >= 0.6 is 0 Å². The molecule has 1 aromatic carbocycles. The average molecular weight is 190 g/mol. The fraction of sp³-hybridized carbons (Fsp3) is 0.500. The van der Waals surface area contributed by atoms with Crippen LogP contribution < -0.4 is 10.6 Å². The Hall–Kier alpha value is -1.02. The third-order valence-electron chi connectivity index (χ3n) is 2.89. The maximum atomic E-state index is 5.80. The Labute approximate surface area is 85.7 Å². The van der Waals surface area contributed by atoms with Gasteiger partial charge in [0.05, 0.1) is 0 Å². The van der Waals surface area contributed by atoms with Crippen LogP contribution in [0.3, 0.4) is 0 Å². The smallest absolute Gasteiger partial charge is 0.0366 e. The lowest BCUT2D eigenvalue weighted by Crippen LogP contribution is -2.17. The molecule has 2 N–H and O–H groups in total. The lowest BCUT2D eigenvalue weighted by atomic mass is 10.1. The van der Waals surface area contributed by atoms with Gasteiger partial charge in [0.2, 0.25) is 0 Å². The highest BCUT2D eigenvalue weighted by molar-refractivity contribution is 5.48. The molecule has 1 atom stereocenters. The van der Waals surface area contributed by atoms with E-state index in [4.69, 9.17) is 5.73 Å². The number of nitrogens with zero attached hydrogens (tertiary/aromatic N) is 1. The summed E-state index contributed by atoms with van der Waals surface area (Å²) in [5.74, 6) is 0. The van der Waals surface area contributed by atoms with Crippen LogP contribution in [0.5, 0.6) is 0 Å². The minimum Gasteiger partial charge on any atom is -0.372 e. The maximum absolute atomic E-state index is 5.80. The van der Waals surface area contributed by atoms with E-state index < -0.39 is 0 Å². The third-order valence-corrected chi connectivity index (χ3v) is 2.89. The first-order valence-electron chi connectivity index (χ1n) is 5.38. The molecular weight excluding hydrogens is 172 g/mol. The Morgan fingerprint density at radius 3 is 2.21 bits per heavy atom. The Morgan fingerprint density at radius 1 is 1.14 bits per heavy atom. The van der Waals surface area contributed by atoms with Crippen molar-refractivity contribution in [1.82, 2.24) is 0 Å². The maximum Gasteiger partial charge on any atom is 0.0366 e. The number of rotatable bonds is 2. The molecule has 1 aliphatic rings. The van der Waals surface area contributed by atoms with Crippen molar-refractivity contribution in [2.75, 3.05) is 18.0 Å². The summed E-state index contributed by atoms with van der Waals surface area (Å²) < 4.78 is 0. The highest BCUT2D eigenvalue weighted by Crippen LogP contribution is 2.21. The van der Waals surface area contributed by atoms with E-state index in [0.29, 0.717) is 0 Å². The van der Waals surface area contributed by atoms with Crippen molar-refractivity contribution in [2.45, 2.75) is 25.8 Å². The number of hydrogen-bond donors (Lipinski definition) is 1. The average Bonchev–Trinajstić information content (AvgIpc) is 2.71. The highest BCUT2D eigenvalue weighted by atomic mass is 15.1. The summed E-state index contributed by atoms with van der Waals surface area (Å²) in [6.45, 7) is 4.43. The summed E-state index contributed by atoms with van der Waals surface area (Å²) >= 11 is 0. The van der Waals surface area contributed by atoms with Gasteiger partial charge in [-0.05, 0) is 37.5 Å². The summed E-state index contributed by atoms with van der Waals surface area (Å²) in [5.41, 5.74) is 8.36. The Balaban J connectivity index is 2.12. The number of anilines is 1. The first kappa shape index (κ1) is 9.53. The molecule has 1 fully saturated rings. The Morgan fingerprint density at radius 2 is 1.71 bits per heavy atom. The van der Waals surface area contributed by atoms with Crippen molar-refractivity contribution in [2.24, 2.45) is 5.73 Å². The van der Waals surface area contributed by atoms with Crippen molar-refractivity contribution < 1.29 is 0 Å². The van der Waals surface area contributed by atoms with E-state index in [-0.39, 0.29) is 6.04 Å². The molecule has 0 spiro atoms. The quantitative estimate of drug-likeness (QED) is 0.775. The molecule has 2 nitrogen and oxygen atoms in total. The van der Waals surface area contributed by atoms with Gasteiger partial charge in [-0.1, -0.05) is 12.1 Å². The SMILES string of the molecule is C[C@@H](N)c1ccc(N2CCCC2)cc1. The first-order chi connectivity index (χ1) is 6.77. The van der Waals surface area contributed by atoms with Gasteiger partial charge in [-0.3, -0.25) is 0 Å². The monoisotopic (exact) mass is 190 g/mol. The molecule has 1 heterocycles. The number of benzene rings is 1. The van der Waals surface area contributed by atoms with Crippen LogP contribution in [0, 0.1) is 0 Å². The Kier molecular flexibility index (Phi) is 2.73. The zero-order valence-electron chi connectivity index (χ0n) is 8.74. The second-order valence-electron chi connectivity index (χ2n) is 4.07. The molecule has 0 aromatic heterocycles. The first-order valence-corrected chi connectivity index (χ1v) is 5.38. The molecule has 0 aliphatic carbocycles. The molecule has 1 saturated heterocycles. The molecule has 76 valence electrons. The predicted molar refractivity (Wildman–Crippen MR) is 60.5 cm³/mol. The number of hydrogen-bond acceptors (Lipinski definition) is 2. The van der Waals surface area contributed by atoms with E-state index in [2.05, 4.69) is 29.2 Å². The summed E-state index contributed by atoms with van der Waals surface area (Å²) in [6, 6.07) is 8.78. The molecule has 0 amide bonds. The minimum absolute atomic E-state index is 0.141. The molecule has 1 aromatic rings. The van der Waals surface area contributed by atoms with Gasteiger partial charge in [0.25, 0.3) is 0 Å². The molecule has 14 heavy (non-hydrogen) atoms. The van der Waals surface area contributed by atoms with Gasteiger partial charge in [-0.15, -0.1) is 0 Å². The van der Waals surface area contributed by atoms with E-state index in [9.17, 15) is 0 Å². The molecule has 2 heteroatoms. The van der Waals surface area contributed by atoms with Gasteiger partial charge in [-0.2, -0.15) is 0 Å². The van der Waals surface area contributed by atoms with E-state index in [1.54, 1.807) is 0 Å². The fourth-order valence-electron chi connectivity index (χ4n) is 1.96. The molecule has 2 rings (SSSR count). The van der Waals surface area contributed by atoms with Gasteiger partial charge in [0.15, 0.2) is 0 Å². The van der Waals surface area contributed by atoms with E-state index >= 15 is 0 Å².